The molecule has 0 saturated carbocycles. The van der Waals surface area contributed by atoms with Crippen LogP contribution < -0.4 is 10.5 Å². The molecule has 5 aromatic rings. The molecule has 3 aromatic carbocycles. The number of furan rings is 1. The number of carbonyl (C=O) groups is 1. The van der Waals surface area contributed by atoms with Gasteiger partial charge in [-0.2, -0.15) is 0 Å². The van der Waals surface area contributed by atoms with Crippen LogP contribution >= 0.6 is 11.8 Å². The number of para-hydroxylation sites is 3. The molecule has 2 aromatic heterocycles. The van der Waals surface area contributed by atoms with Crippen molar-refractivity contribution in [2.45, 2.75) is 24.5 Å². The van der Waals surface area contributed by atoms with Crippen LogP contribution in [0.3, 0.4) is 0 Å². The van der Waals surface area contributed by atoms with Gasteiger partial charge in [0, 0.05) is 0 Å². The predicted molar refractivity (Wildman–Crippen MR) is 142 cm³/mol. The van der Waals surface area contributed by atoms with Crippen molar-refractivity contribution in [3.8, 4) is 0 Å². The van der Waals surface area contributed by atoms with Crippen LogP contribution in [-0.4, -0.2) is 21.2 Å². The van der Waals surface area contributed by atoms with E-state index in [4.69, 9.17) is 9.40 Å². The highest BCUT2D eigenvalue weighted by Gasteiger charge is 2.26. The molecule has 0 N–H and O–H groups in total. The minimum Gasteiger partial charge on any atom is -0.467 e. The van der Waals surface area contributed by atoms with Gasteiger partial charge in [-0.25, -0.2) is 4.98 Å². The first-order valence-corrected chi connectivity index (χ1v) is 12.8. The average Bonchev–Trinajstić information content (AvgIpc) is 3.36. The van der Waals surface area contributed by atoms with Crippen molar-refractivity contribution < 1.29 is 9.21 Å². The zero-order valence-corrected chi connectivity index (χ0v) is 20.3. The molecule has 0 bridgehead atoms. The third-order valence-electron chi connectivity index (χ3n) is 6.42. The van der Waals surface area contributed by atoms with Crippen LogP contribution in [0.15, 0.2) is 106 Å². The van der Waals surface area contributed by atoms with Gasteiger partial charge in [-0.1, -0.05) is 60.3 Å². The molecule has 1 aliphatic rings. The van der Waals surface area contributed by atoms with Gasteiger partial charge in [0.15, 0.2) is 5.16 Å². The first kappa shape index (κ1) is 22.4. The van der Waals surface area contributed by atoms with Crippen molar-refractivity contribution in [2.75, 3.05) is 10.7 Å². The van der Waals surface area contributed by atoms with E-state index in [1.165, 1.54) is 11.8 Å². The maximum Gasteiger partial charge on any atom is 0.262 e. The number of amides is 1. The lowest BCUT2D eigenvalue weighted by atomic mass is 10.0. The zero-order valence-electron chi connectivity index (χ0n) is 19.5. The molecule has 1 amide bonds. The standard InChI is InChI=1S/C29H23N3O3S/c33-27(32-25-13-5-1-8-20(25)15-16-21-9-2-6-14-26(21)32)19-36-29-30-24-12-4-3-11-23(24)28(34)31(29)18-22-10-7-17-35-22/h1-14,17H,15-16,18-19H2. The van der Waals surface area contributed by atoms with E-state index in [-0.39, 0.29) is 23.8 Å². The van der Waals surface area contributed by atoms with E-state index in [1.54, 1.807) is 23.0 Å². The number of aryl methyl sites for hydroxylation is 2. The summed E-state index contributed by atoms with van der Waals surface area (Å²) in [4.78, 5) is 33.7. The van der Waals surface area contributed by atoms with Gasteiger partial charge in [-0.15, -0.1) is 0 Å². The van der Waals surface area contributed by atoms with E-state index < -0.39 is 0 Å². The molecule has 0 atom stereocenters. The summed E-state index contributed by atoms with van der Waals surface area (Å²) in [5.41, 5.74) is 4.56. The Kier molecular flexibility index (Phi) is 5.91. The molecule has 0 fully saturated rings. The third kappa shape index (κ3) is 4.12. The Labute approximate surface area is 212 Å². The number of aromatic nitrogens is 2. The molecule has 3 heterocycles. The average molecular weight is 494 g/mol. The van der Waals surface area contributed by atoms with Crippen LogP contribution in [0.5, 0.6) is 0 Å². The molecule has 6 nitrogen and oxygen atoms in total. The first-order chi connectivity index (χ1) is 17.7. The lowest BCUT2D eigenvalue weighted by Crippen LogP contribution is -2.29. The highest BCUT2D eigenvalue weighted by atomic mass is 32.2. The molecule has 0 saturated heterocycles. The van der Waals surface area contributed by atoms with E-state index in [1.807, 2.05) is 65.6 Å². The van der Waals surface area contributed by atoms with Gasteiger partial charge < -0.3 is 4.42 Å². The number of thioether (sulfide) groups is 1. The van der Waals surface area contributed by atoms with Crippen LogP contribution in [0.25, 0.3) is 10.9 Å². The van der Waals surface area contributed by atoms with E-state index >= 15 is 0 Å². The second-order valence-electron chi connectivity index (χ2n) is 8.66. The molecule has 7 heteroatoms. The number of hydrogen-bond acceptors (Lipinski definition) is 5. The molecule has 178 valence electrons. The molecular formula is C29H23N3O3S. The Morgan fingerprint density at radius 3 is 2.22 bits per heavy atom. The van der Waals surface area contributed by atoms with Crippen LogP contribution in [0, 0.1) is 0 Å². The summed E-state index contributed by atoms with van der Waals surface area (Å²) in [6.07, 6.45) is 3.33. The Morgan fingerprint density at radius 2 is 1.53 bits per heavy atom. The van der Waals surface area contributed by atoms with Gasteiger partial charge in [0.2, 0.25) is 5.91 Å². The topological polar surface area (TPSA) is 68.3 Å². The smallest absolute Gasteiger partial charge is 0.262 e. The fourth-order valence-corrected chi connectivity index (χ4v) is 5.54. The maximum absolute atomic E-state index is 13.8. The monoisotopic (exact) mass is 493 g/mol. The van der Waals surface area contributed by atoms with Gasteiger partial charge in [0.25, 0.3) is 5.56 Å². The van der Waals surface area contributed by atoms with E-state index in [0.717, 1.165) is 35.3 Å². The summed E-state index contributed by atoms with van der Waals surface area (Å²) in [5, 5.41) is 1.02. The van der Waals surface area contributed by atoms with Crippen LogP contribution in [0.4, 0.5) is 11.4 Å². The predicted octanol–water partition coefficient (Wildman–Crippen LogP) is 5.59. The fourth-order valence-electron chi connectivity index (χ4n) is 4.70. The number of nitrogens with zero attached hydrogens (tertiary/aromatic N) is 3. The highest BCUT2D eigenvalue weighted by molar-refractivity contribution is 7.99. The molecule has 0 spiro atoms. The summed E-state index contributed by atoms with van der Waals surface area (Å²) in [6.45, 7) is 0.246. The highest BCUT2D eigenvalue weighted by Crippen LogP contribution is 2.36. The van der Waals surface area contributed by atoms with E-state index in [0.29, 0.717) is 21.8 Å². The van der Waals surface area contributed by atoms with Crippen molar-refractivity contribution in [3.63, 3.8) is 0 Å². The molecule has 0 radical (unpaired) electrons. The first-order valence-electron chi connectivity index (χ1n) is 11.8. The number of anilines is 2. The second-order valence-corrected chi connectivity index (χ2v) is 9.60. The molecule has 1 aliphatic heterocycles. The molecule has 36 heavy (non-hydrogen) atoms. The van der Waals surface area contributed by atoms with Crippen molar-refractivity contribution in [1.82, 2.24) is 9.55 Å². The number of hydrogen-bond donors (Lipinski definition) is 0. The van der Waals surface area contributed by atoms with Gasteiger partial charge >= 0.3 is 0 Å². The minimum atomic E-state index is -0.155. The Hall–Kier alpha value is -4.10. The fraction of sp³-hybridized carbons (Fsp3) is 0.138. The van der Waals surface area contributed by atoms with E-state index in [9.17, 15) is 9.59 Å². The molecule has 6 rings (SSSR count). The number of benzene rings is 3. The normalized spacial score (nSPS) is 12.7. The lowest BCUT2D eigenvalue weighted by molar-refractivity contribution is -0.115. The lowest BCUT2D eigenvalue weighted by Gasteiger charge is -2.25. The summed E-state index contributed by atoms with van der Waals surface area (Å²) in [6, 6.07) is 27.0. The minimum absolute atomic E-state index is 0.0613. The number of carbonyl (C=O) groups excluding carboxylic acids is 1. The van der Waals surface area contributed by atoms with Gasteiger partial charge in [0.1, 0.15) is 5.76 Å². The largest absolute Gasteiger partial charge is 0.467 e. The quantitative estimate of drug-likeness (QED) is 0.236. The molecular weight excluding hydrogens is 470 g/mol. The zero-order chi connectivity index (χ0) is 24.5. The number of rotatable bonds is 5. The van der Waals surface area contributed by atoms with Crippen LogP contribution in [0.2, 0.25) is 0 Å². The van der Waals surface area contributed by atoms with Crippen molar-refractivity contribution in [2.24, 2.45) is 0 Å². The van der Waals surface area contributed by atoms with Crippen molar-refractivity contribution >= 4 is 39.9 Å². The van der Waals surface area contributed by atoms with Gasteiger partial charge in [0.05, 0.1) is 40.8 Å². The summed E-state index contributed by atoms with van der Waals surface area (Å²) in [5.74, 6) is 0.720. The second kappa shape index (κ2) is 9.51. The molecule has 0 unspecified atom stereocenters. The van der Waals surface area contributed by atoms with Gasteiger partial charge in [-0.3, -0.25) is 19.1 Å². The van der Waals surface area contributed by atoms with Crippen molar-refractivity contribution in [3.05, 3.63) is 118 Å². The number of fused-ring (bicyclic) bond motifs is 3. The summed E-state index contributed by atoms with van der Waals surface area (Å²) >= 11 is 1.27. The maximum atomic E-state index is 13.8. The van der Waals surface area contributed by atoms with E-state index in [2.05, 4.69) is 12.1 Å². The summed E-state index contributed by atoms with van der Waals surface area (Å²) in [7, 11) is 0. The SMILES string of the molecule is O=C(CSc1nc2ccccc2c(=O)n1Cc1ccco1)N1c2ccccc2CCc2ccccc21. The van der Waals surface area contributed by atoms with Crippen LogP contribution in [0.1, 0.15) is 16.9 Å². The Balaban J connectivity index is 1.37. The Morgan fingerprint density at radius 1 is 0.861 bits per heavy atom. The molecule has 0 aliphatic carbocycles. The van der Waals surface area contributed by atoms with Crippen LogP contribution in [-0.2, 0) is 24.2 Å². The summed E-state index contributed by atoms with van der Waals surface area (Å²) < 4.78 is 7.09. The third-order valence-corrected chi connectivity index (χ3v) is 7.38. The van der Waals surface area contributed by atoms with Crippen molar-refractivity contribution in [1.29, 1.82) is 0 Å². The van der Waals surface area contributed by atoms with Gasteiger partial charge in [-0.05, 0) is 60.4 Å². The Bertz CT molecular complexity index is 1580.